The zero-order valence-corrected chi connectivity index (χ0v) is 37.3. The minimum Gasteiger partial charge on any atom is -0.310 e. The van der Waals surface area contributed by atoms with E-state index in [0.717, 1.165) is 5.69 Å². The van der Waals surface area contributed by atoms with E-state index in [1.807, 2.05) is 0 Å². The maximum atomic E-state index is 2.52. The molecule has 0 fully saturated rings. The molecule has 11 aromatic carbocycles. The number of fused-ring (bicyclic) bond motifs is 14. The third kappa shape index (κ3) is 5.60. The van der Waals surface area contributed by atoms with Gasteiger partial charge in [0.1, 0.15) is 5.56 Å². The molecule has 3 nitrogen and oxygen atoms in total. The summed E-state index contributed by atoms with van der Waals surface area (Å²) >= 11 is 0. The molecule has 14 rings (SSSR count). The van der Waals surface area contributed by atoms with Gasteiger partial charge in [0.2, 0.25) is 5.69 Å². The summed E-state index contributed by atoms with van der Waals surface area (Å²) in [5.74, 6) is 1.23. The molecule has 11 aromatic rings. The molecule has 2 heterocycles. The number of hydrogen-bond donors (Lipinski definition) is 1. The smallest absolute Gasteiger partial charge is 0.310 e. The number of anilines is 3. The Hall–Kier alpha value is -8.63. The Morgan fingerprint density at radius 2 is 0.868 bits per heavy atom. The van der Waals surface area contributed by atoms with Gasteiger partial charge in [-0.2, -0.15) is 5.32 Å². The van der Waals surface area contributed by atoms with Crippen molar-refractivity contribution >= 4 is 50.1 Å². The number of amidine groups is 1. The number of rotatable bonds is 6. The fraction of sp³-hybridized carbons (Fsp3) is 0.0308. The van der Waals surface area contributed by atoms with Gasteiger partial charge in [-0.25, -0.2) is 0 Å². The van der Waals surface area contributed by atoms with E-state index in [1.165, 1.54) is 111 Å². The van der Waals surface area contributed by atoms with Crippen LogP contribution < -0.4 is 10.2 Å². The Bertz CT molecular complexity index is 3750. The average Bonchev–Trinajstić information content (AvgIpc) is 3.71. The molecular weight excluding hydrogens is 823 g/mol. The topological polar surface area (TPSA) is 22.9 Å². The Morgan fingerprint density at radius 3 is 1.53 bits per heavy atom. The van der Waals surface area contributed by atoms with E-state index in [0.29, 0.717) is 0 Å². The van der Waals surface area contributed by atoms with E-state index in [1.54, 1.807) is 0 Å². The van der Waals surface area contributed by atoms with Gasteiger partial charge in [-0.05, 0) is 144 Å². The summed E-state index contributed by atoms with van der Waals surface area (Å²) in [6, 6.07) is 94.4. The summed E-state index contributed by atoms with van der Waals surface area (Å²) in [6.07, 6.45) is 0.101. The summed E-state index contributed by atoms with van der Waals surface area (Å²) in [5.41, 5.74) is 19.4. The van der Waals surface area contributed by atoms with Gasteiger partial charge in [-0.15, -0.1) is 0 Å². The standard InChI is InChI=1S/C65H43N3/c1-4-18-43(19-5-1)44-36-39-50(40-37-44)68-63(46-20-6-2-7-21-46)66-64(68)47-34-32-45(33-35-47)48-38-41-55-58(42-48)65(62-54-27-13-11-25-52(54)51-24-10-12-26-53(51)61(55)62)56-28-14-16-30-59(56)67(49-22-8-3-9-23-49)60-31-17-15-29-57(60)65/h1-42,64H/p+2. The van der Waals surface area contributed by atoms with Gasteiger partial charge in [0.15, 0.2) is 0 Å². The quantitative estimate of drug-likeness (QED) is 0.131. The van der Waals surface area contributed by atoms with Crippen LogP contribution in [-0.4, -0.2) is 10.4 Å². The molecule has 3 aliphatic rings. The van der Waals surface area contributed by atoms with E-state index in [-0.39, 0.29) is 6.17 Å². The van der Waals surface area contributed by atoms with Crippen molar-refractivity contribution in [2.75, 3.05) is 4.90 Å². The lowest BCUT2D eigenvalue weighted by Gasteiger charge is -2.45. The lowest BCUT2D eigenvalue weighted by atomic mass is 9.63. The van der Waals surface area contributed by atoms with Crippen molar-refractivity contribution in [2.24, 2.45) is 0 Å². The first kappa shape index (κ1) is 38.6. The van der Waals surface area contributed by atoms with Crippen LogP contribution >= 0.6 is 0 Å². The normalized spacial score (nSPS) is 15.2. The lowest BCUT2D eigenvalue weighted by Crippen LogP contribution is -2.99. The fourth-order valence-corrected chi connectivity index (χ4v) is 11.9. The lowest BCUT2D eigenvalue weighted by molar-refractivity contribution is -0.866. The van der Waals surface area contributed by atoms with Gasteiger partial charge in [-0.3, -0.25) is 0 Å². The highest BCUT2D eigenvalue weighted by molar-refractivity contribution is 6.20. The van der Waals surface area contributed by atoms with Gasteiger partial charge in [0.05, 0.1) is 22.4 Å². The predicted octanol–water partition coefficient (Wildman–Crippen LogP) is 14.8. The van der Waals surface area contributed by atoms with Crippen molar-refractivity contribution in [3.8, 4) is 33.4 Å². The van der Waals surface area contributed by atoms with Gasteiger partial charge in [0.25, 0.3) is 0 Å². The molecule has 0 aromatic heterocycles. The Morgan fingerprint density at radius 1 is 0.382 bits per heavy atom. The van der Waals surface area contributed by atoms with Crippen LogP contribution in [0.25, 0.3) is 54.9 Å². The van der Waals surface area contributed by atoms with Crippen LogP contribution in [-0.2, 0) is 5.41 Å². The van der Waals surface area contributed by atoms with Crippen LogP contribution in [0, 0.1) is 0 Å². The Labute approximate surface area is 396 Å². The molecule has 0 saturated carbocycles. The molecule has 0 amide bonds. The second-order valence-electron chi connectivity index (χ2n) is 18.3. The first-order chi connectivity index (χ1) is 33.8. The molecule has 2 N–H and O–H groups in total. The third-order valence-corrected chi connectivity index (χ3v) is 14.9. The monoisotopic (exact) mass is 867 g/mol. The molecule has 0 bridgehead atoms. The molecule has 1 unspecified atom stereocenters. The summed E-state index contributed by atoms with van der Waals surface area (Å²) in [7, 11) is 0. The van der Waals surface area contributed by atoms with E-state index in [2.05, 4.69) is 270 Å². The molecule has 68 heavy (non-hydrogen) atoms. The van der Waals surface area contributed by atoms with Crippen LogP contribution in [0.3, 0.4) is 0 Å². The molecule has 1 spiro atoms. The number of quaternary nitrogens is 1. The van der Waals surface area contributed by atoms with Gasteiger partial charge < -0.3 is 4.90 Å². The second-order valence-corrected chi connectivity index (χ2v) is 18.3. The highest BCUT2D eigenvalue weighted by Crippen LogP contribution is 2.66. The molecule has 0 saturated heterocycles. The SMILES string of the molecule is c1ccc(C2=[N+](c3ccc(-c4ccccc4)cc3)C(c3ccc(-c4ccc5c(c4)C4(c6ccccc6N(c6ccccc6)c6ccccc64)c4c-5c5ccccc5c5ccccc45)cc3)[NH2+]2)cc1. The zero-order chi connectivity index (χ0) is 44.8. The minimum atomic E-state index is -0.607. The first-order valence-corrected chi connectivity index (χ1v) is 23.7. The average molecular weight is 868 g/mol. The van der Waals surface area contributed by atoms with Crippen LogP contribution in [0.5, 0.6) is 0 Å². The van der Waals surface area contributed by atoms with E-state index in [9.17, 15) is 0 Å². The summed E-state index contributed by atoms with van der Waals surface area (Å²) in [4.78, 5) is 2.47. The molecule has 1 aliphatic carbocycles. The van der Waals surface area contributed by atoms with Crippen molar-refractivity contribution < 1.29 is 9.89 Å². The van der Waals surface area contributed by atoms with Gasteiger partial charge in [0, 0.05) is 17.8 Å². The number of benzene rings is 11. The van der Waals surface area contributed by atoms with Gasteiger partial charge >= 0.3 is 12.0 Å². The molecule has 318 valence electrons. The minimum absolute atomic E-state index is 0.101. The third-order valence-electron chi connectivity index (χ3n) is 14.9. The van der Waals surface area contributed by atoms with Crippen LogP contribution in [0.4, 0.5) is 22.7 Å². The summed E-state index contributed by atoms with van der Waals surface area (Å²) < 4.78 is 2.49. The maximum absolute atomic E-state index is 2.52. The number of para-hydroxylation sites is 3. The first-order valence-electron chi connectivity index (χ1n) is 23.7. The number of nitrogens with zero attached hydrogens (tertiary/aromatic N) is 2. The molecule has 2 aliphatic heterocycles. The molecule has 1 atom stereocenters. The highest BCUT2D eigenvalue weighted by Gasteiger charge is 2.53. The molecule has 3 heteroatoms. The van der Waals surface area contributed by atoms with E-state index >= 15 is 0 Å². The molecule has 0 radical (unpaired) electrons. The Balaban J connectivity index is 0.943. The van der Waals surface area contributed by atoms with Crippen molar-refractivity contribution in [3.05, 3.63) is 288 Å². The van der Waals surface area contributed by atoms with E-state index < -0.39 is 5.41 Å². The summed E-state index contributed by atoms with van der Waals surface area (Å²) in [6.45, 7) is 0. The largest absolute Gasteiger partial charge is 0.384 e. The second kappa shape index (κ2) is 15.2. The van der Waals surface area contributed by atoms with Crippen molar-refractivity contribution in [3.63, 3.8) is 0 Å². The van der Waals surface area contributed by atoms with Crippen LogP contribution in [0.15, 0.2) is 255 Å². The summed E-state index contributed by atoms with van der Waals surface area (Å²) in [5, 5.41) is 7.57. The zero-order valence-electron chi connectivity index (χ0n) is 37.3. The fourth-order valence-electron chi connectivity index (χ4n) is 11.9. The highest BCUT2D eigenvalue weighted by atomic mass is 15.3. The number of nitrogens with two attached hydrogens (primary N) is 1. The predicted molar refractivity (Wildman–Crippen MR) is 279 cm³/mol. The van der Waals surface area contributed by atoms with Crippen molar-refractivity contribution in [1.29, 1.82) is 0 Å². The van der Waals surface area contributed by atoms with E-state index in [4.69, 9.17) is 0 Å². The Kier molecular flexibility index (Phi) is 8.64. The van der Waals surface area contributed by atoms with Gasteiger partial charge in [-0.1, -0.05) is 181 Å². The van der Waals surface area contributed by atoms with Crippen molar-refractivity contribution in [1.82, 2.24) is 0 Å². The maximum Gasteiger partial charge on any atom is 0.384 e. The number of hydrogen-bond acceptors (Lipinski definition) is 1. The molecular formula is C65H45N3+2. The van der Waals surface area contributed by atoms with Crippen molar-refractivity contribution in [2.45, 2.75) is 11.6 Å². The van der Waals surface area contributed by atoms with Crippen LogP contribution in [0.2, 0.25) is 0 Å². The van der Waals surface area contributed by atoms with Crippen LogP contribution in [0.1, 0.15) is 39.5 Å².